The first-order valence-electron chi connectivity index (χ1n) is 6.42. The SMILES string of the molecule is Cc1ccc(O)c(S(=O)(=O)N(C)c2ccccc2C(N)=O)c1. The fourth-order valence-electron chi connectivity index (χ4n) is 2.06. The molecule has 0 fully saturated rings. The monoisotopic (exact) mass is 320 g/mol. The number of hydrogen-bond donors (Lipinski definition) is 2. The number of sulfonamides is 1. The second kappa shape index (κ2) is 5.69. The van der Waals surface area contributed by atoms with Gasteiger partial charge in [0.1, 0.15) is 10.6 Å². The van der Waals surface area contributed by atoms with E-state index in [4.69, 9.17) is 5.73 Å². The van der Waals surface area contributed by atoms with Crippen LogP contribution in [0.3, 0.4) is 0 Å². The van der Waals surface area contributed by atoms with Crippen LogP contribution in [0.5, 0.6) is 5.75 Å². The van der Waals surface area contributed by atoms with Crippen LogP contribution in [-0.2, 0) is 10.0 Å². The quantitative estimate of drug-likeness (QED) is 0.894. The number of aromatic hydroxyl groups is 1. The lowest BCUT2D eigenvalue weighted by Crippen LogP contribution is -2.29. The Morgan fingerprint density at radius 3 is 2.45 bits per heavy atom. The number of aryl methyl sites for hydroxylation is 1. The van der Waals surface area contributed by atoms with Gasteiger partial charge in [-0.2, -0.15) is 0 Å². The first kappa shape index (κ1) is 15.8. The van der Waals surface area contributed by atoms with Gasteiger partial charge in [-0.05, 0) is 36.8 Å². The fourth-order valence-corrected chi connectivity index (χ4v) is 3.44. The van der Waals surface area contributed by atoms with Crippen LogP contribution in [0, 0.1) is 6.92 Å². The molecule has 0 radical (unpaired) electrons. The van der Waals surface area contributed by atoms with Gasteiger partial charge in [0, 0.05) is 7.05 Å². The van der Waals surface area contributed by atoms with Crippen LogP contribution >= 0.6 is 0 Å². The smallest absolute Gasteiger partial charge is 0.267 e. The molecule has 0 saturated heterocycles. The summed E-state index contributed by atoms with van der Waals surface area (Å²) < 4.78 is 26.3. The normalized spacial score (nSPS) is 11.2. The molecule has 0 spiro atoms. The summed E-state index contributed by atoms with van der Waals surface area (Å²) in [6, 6.07) is 10.4. The van der Waals surface area contributed by atoms with E-state index in [1.54, 1.807) is 25.1 Å². The molecule has 0 atom stereocenters. The number of anilines is 1. The van der Waals surface area contributed by atoms with Gasteiger partial charge < -0.3 is 10.8 Å². The van der Waals surface area contributed by atoms with Crippen molar-refractivity contribution >= 4 is 21.6 Å². The van der Waals surface area contributed by atoms with E-state index in [-0.39, 0.29) is 21.9 Å². The van der Waals surface area contributed by atoms with Gasteiger partial charge >= 0.3 is 0 Å². The Morgan fingerprint density at radius 2 is 1.82 bits per heavy atom. The summed E-state index contributed by atoms with van der Waals surface area (Å²) in [5.74, 6) is -1.08. The van der Waals surface area contributed by atoms with Gasteiger partial charge in [0.15, 0.2) is 0 Å². The van der Waals surface area contributed by atoms with Crippen LogP contribution in [-0.4, -0.2) is 26.5 Å². The summed E-state index contributed by atoms with van der Waals surface area (Å²) in [6.07, 6.45) is 0. The van der Waals surface area contributed by atoms with Gasteiger partial charge in [-0.1, -0.05) is 18.2 Å². The summed E-state index contributed by atoms with van der Waals surface area (Å²) >= 11 is 0. The molecular formula is C15H16N2O4S. The maximum Gasteiger partial charge on any atom is 0.267 e. The zero-order chi connectivity index (χ0) is 16.5. The van der Waals surface area contributed by atoms with Crippen LogP contribution in [0.15, 0.2) is 47.4 Å². The van der Waals surface area contributed by atoms with Crippen LogP contribution in [0.4, 0.5) is 5.69 Å². The molecule has 2 aromatic carbocycles. The fraction of sp³-hybridized carbons (Fsp3) is 0.133. The number of carbonyl (C=O) groups excluding carboxylic acids is 1. The molecule has 0 aliphatic rings. The minimum absolute atomic E-state index is 0.0840. The zero-order valence-electron chi connectivity index (χ0n) is 12.1. The third-order valence-electron chi connectivity index (χ3n) is 3.26. The number of primary amides is 1. The Bertz CT molecular complexity index is 831. The average molecular weight is 320 g/mol. The molecule has 0 saturated carbocycles. The maximum absolute atomic E-state index is 12.7. The number of hydrogen-bond acceptors (Lipinski definition) is 4. The van der Waals surface area contributed by atoms with E-state index >= 15 is 0 Å². The van der Waals surface area contributed by atoms with Crippen molar-refractivity contribution in [1.29, 1.82) is 0 Å². The predicted molar refractivity (Wildman–Crippen MR) is 83.4 cm³/mol. The van der Waals surface area contributed by atoms with E-state index in [1.165, 1.54) is 31.3 Å². The van der Waals surface area contributed by atoms with E-state index in [2.05, 4.69) is 0 Å². The van der Waals surface area contributed by atoms with Crippen molar-refractivity contribution in [3.63, 3.8) is 0 Å². The average Bonchev–Trinajstić information content (AvgIpc) is 2.48. The highest BCUT2D eigenvalue weighted by molar-refractivity contribution is 7.93. The Labute approximate surface area is 128 Å². The molecule has 0 aromatic heterocycles. The molecule has 2 rings (SSSR count). The number of carbonyl (C=O) groups is 1. The van der Waals surface area contributed by atoms with Crippen LogP contribution in [0.1, 0.15) is 15.9 Å². The van der Waals surface area contributed by atoms with Crippen LogP contribution in [0.2, 0.25) is 0 Å². The number of phenolic OH excluding ortho intramolecular Hbond substituents is 1. The van der Waals surface area contributed by atoms with Crippen LogP contribution in [0.25, 0.3) is 0 Å². The number of para-hydroxylation sites is 1. The lowest BCUT2D eigenvalue weighted by molar-refractivity contribution is 0.100. The molecule has 1 amide bonds. The molecule has 2 aromatic rings. The summed E-state index contributed by atoms with van der Waals surface area (Å²) in [7, 11) is -2.72. The molecule has 0 aliphatic heterocycles. The van der Waals surface area contributed by atoms with Gasteiger partial charge in [-0.15, -0.1) is 0 Å². The number of rotatable bonds is 4. The van der Waals surface area contributed by atoms with E-state index in [9.17, 15) is 18.3 Å². The van der Waals surface area contributed by atoms with Crippen molar-refractivity contribution in [2.24, 2.45) is 5.73 Å². The lowest BCUT2D eigenvalue weighted by Gasteiger charge is -2.22. The standard InChI is InChI=1S/C15H16N2O4S/c1-10-7-8-13(18)14(9-10)22(20,21)17(2)12-6-4-3-5-11(12)15(16)19/h3-9,18H,1-2H3,(H2,16,19). The number of amides is 1. The van der Waals surface area contributed by atoms with Crippen molar-refractivity contribution in [3.05, 3.63) is 53.6 Å². The Morgan fingerprint density at radius 1 is 1.18 bits per heavy atom. The summed E-state index contributed by atoms with van der Waals surface area (Å²) in [5.41, 5.74) is 6.20. The van der Waals surface area contributed by atoms with Gasteiger partial charge in [-0.25, -0.2) is 8.42 Å². The molecule has 0 unspecified atom stereocenters. The minimum Gasteiger partial charge on any atom is -0.507 e. The van der Waals surface area contributed by atoms with Gasteiger partial charge in [0.05, 0.1) is 11.3 Å². The van der Waals surface area contributed by atoms with Crippen molar-refractivity contribution in [2.45, 2.75) is 11.8 Å². The Balaban J connectivity index is 2.60. The largest absolute Gasteiger partial charge is 0.507 e. The second-order valence-corrected chi connectivity index (χ2v) is 6.76. The third kappa shape index (κ3) is 2.75. The number of phenols is 1. The molecule has 0 bridgehead atoms. The topological polar surface area (TPSA) is 101 Å². The molecule has 116 valence electrons. The van der Waals surface area contributed by atoms with Crippen LogP contribution < -0.4 is 10.0 Å². The summed E-state index contributed by atoms with van der Waals surface area (Å²) in [4.78, 5) is 11.2. The highest BCUT2D eigenvalue weighted by Gasteiger charge is 2.27. The second-order valence-electron chi connectivity index (χ2n) is 4.83. The third-order valence-corrected chi connectivity index (χ3v) is 5.06. The molecule has 0 aliphatic carbocycles. The first-order valence-corrected chi connectivity index (χ1v) is 7.86. The maximum atomic E-state index is 12.7. The summed E-state index contributed by atoms with van der Waals surface area (Å²) in [6.45, 7) is 1.72. The number of nitrogens with zero attached hydrogens (tertiary/aromatic N) is 1. The number of benzene rings is 2. The van der Waals surface area contributed by atoms with E-state index in [0.29, 0.717) is 5.56 Å². The minimum atomic E-state index is -4.03. The Kier molecular flexibility index (Phi) is 4.09. The van der Waals surface area contributed by atoms with Gasteiger partial charge in [-0.3, -0.25) is 9.10 Å². The van der Waals surface area contributed by atoms with Gasteiger partial charge in [0.2, 0.25) is 0 Å². The highest BCUT2D eigenvalue weighted by atomic mass is 32.2. The molecule has 6 nitrogen and oxygen atoms in total. The molecular weight excluding hydrogens is 304 g/mol. The number of nitrogens with two attached hydrogens (primary N) is 1. The molecule has 22 heavy (non-hydrogen) atoms. The highest BCUT2D eigenvalue weighted by Crippen LogP contribution is 2.30. The summed E-state index contributed by atoms with van der Waals surface area (Å²) in [5, 5.41) is 9.85. The van der Waals surface area contributed by atoms with E-state index < -0.39 is 15.9 Å². The van der Waals surface area contributed by atoms with Crippen molar-refractivity contribution in [2.75, 3.05) is 11.4 Å². The first-order chi connectivity index (χ1) is 10.2. The van der Waals surface area contributed by atoms with Crippen molar-refractivity contribution < 1.29 is 18.3 Å². The Hall–Kier alpha value is -2.54. The van der Waals surface area contributed by atoms with Crippen molar-refractivity contribution in [3.8, 4) is 5.75 Å². The van der Waals surface area contributed by atoms with Crippen molar-refractivity contribution in [1.82, 2.24) is 0 Å². The van der Waals surface area contributed by atoms with E-state index in [1.807, 2.05) is 0 Å². The molecule has 7 heteroatoms. The predicted octanol–water partition coefficient (Wildman–Crippen LogP) is 1.62. The molecule has 3 N–H and O–H groups in total. The zero-order valence-corrected chi connectivity index (χ0v) is 13.0. The lowest BCUT2D eigenvalue weighted by atomic mass is 10.2. The van der Waals surface area contributed by atoms with E-state index in [0.717, 1.165) is 4.31 Å². The molecule has 0 heterocycles. The van der Waals surface area contributed by atoms with Gasteiger partial charge in [0.25, 0.3) is 15.9 Å².